The number of imidazole rings is 1. The highest BCUT2D eigenvalue weighted by atomic mass is 16.4. The number of carbonyl (C=O) groups excluding carboxylic acids is 1. The Hall–Kier alpha value is -6.15. The molecule has 1 saturated heterocycles. The molecule has 0 saturated carbocycles. The maximum atomic E-state index is 10.3. The van der Waals surface area contributed by atoms with Gasteiger partial charge in [0.1, 0.15) is 5.82 Å². The van der Waals surface area contributed by atoms with Gasteiger partial charge < -0.3 is 48.7 Å². The Kier molecular flexibility index (Phi) is 60.3. The second-order valence-corrected chi connectivity index (χ2v) is 29.4. The molecule has 6 aromatic rings. The SMILES string of the molecule is C1CN=C2CCCN2C1.CCCC[N+](CCCC)(CCCC)CCCC.CCCC[N+](CCCC)(CCCC)CCCC.CCCC[N+](CCCC)(CCCC)CCCC.CN(C)C.O=C([O-])c1ccccc1.[O-]c1ccccc1.[OH-].c1ccc(-c2nc(-c3ccccc3)c(-c3ccccc3)[nH]2)cc1. The highest BCUT2D eigenvalue weighted by Gasteiger charge is 2.28. The van der Waals surface area contributed by atoms with Crippen LogP contribution >= 0.6 is 0 Å². The van der Waals surface area contributed by atoms with Crippen molar-refractivity contribution >= 4 is 11.8 Å². The zero-order valence-corrected chi connectivity index (χ0v) is 69.4. The van der Waals surface area contributed by atoms with Gasteiger partial charge in [-0.1, -0.05) is 312 Å². The molecule has 2 aliphatic rings. The molecule has 1 fully saturated rings. The van der Waals surface area contributed by atoms with Gasteiger partial charge >= 0.3 is 0 Å². The Morgan fingerprint density at radius 1 is 0.404 bits per heavy atom. The van der Waals surface area contributed by atoms with Crippen LogP contribution in [0, 0.1) is 0 Å². The zero-order chi connectivity index (χ0) is 75.9. The number of hydrogen-bond acceptors (Lipinski definition) is 8. The van der Waals surface area contributed by atoms with Gasteiger partial charge in [-0.25, -0.2) is 4.98 Å². The van der Waals surface area contributed by atoms with Gasteiger partial charge in [0.15, 0.2) is 0 Å². The van der Waals surface area contributed by atoms with Crippen LogP contribution in [-0.4, -0.2) is 170 Å². The number of carbonyl (C=O) groups is 1. The van der Waals surface area contributed by atoms with Gasteiger partial charge in [-0.05, 0) is 117 Å². The summed E-state index contributed by atoms with van der Waals surface area (Å²) >= 11 is 0. The third-order valence-corrected chi connectivity index (χ3v) is 19.5. The minimum Gasteiger partial charge on any atom is -0.872 e. The molecule has 2 aliphatic heterocycles. The summed E-state index contributed by atoms with van der Waals surface area (Å²) in [6.45, 7) is 48.7. The molecule has 12 heteroatoms. The lowest BCUT2D eigenvalue weighted by Crippen LogP contribution is -2.50. The first-order valence-electron chi connectivity index (χ1n) is 41.7. The number of unbranched alkanes of at least 4 members (excludes halogenated alkanes) is 12. The number of H-pyrrole nitrogens is 1. The zero-order valence-electron chi connectivity index (χ0n) is 69.4. The van der Waals surface area contributed by atoms with Gasteiger partial charge in [0.05, 0.1) is 102 Å². The summed E-state index contributed by atoms with van der Waals surface area (Å²) < 4.78 is 4.26. The van der Waals surface area contributed by atoms with E-state index in [1.807, 2.05) is 86.7 Å². The number of aromatic carboxylic acids is 1. The van der Waals surface area contributed by atoms with Crippen LogP contribution in [0.2, 0.25) is 0 Å². The lowest BCUT2D eigenvalue weighted by Gasteiger charge is -2.39. The molecule has 0 bridgehead atoms. The van der Waals surface area contributed by atoms with Crippen molar-refractivity contribution in [2.45, 2.75) is 256 Å². The number of rotatable bonds is 40. The molecule has 0 aliphatic carbocycles. The number of benzene rings is 5. The fraction of sp³-hybridized carbons (Fsp3) is 0.620. The van der Waals surface area contributed by atoms with Gasteiger partial charge in [-0.2, -0.15) is 0 Å². The van der Waals surface area contributed by atoms with E-state index in [2.05, 4.69) is 134 Å². The summed E-state index contributed by atoms with van der Waals surface area (Å²) in [7, 11) is 6.00. The van der Waals surface area contributed by atoms with E-state index < -0.39 is 5.97 Å². The number of aromatic amines is 1. The van der Waals surface area contributed by atoms with E-state index >= 15 is 0 Å². The third kappa shape index (κ3) is 44.7. The summed E-state index contributed by atoms with van der Waals surface area (Å²) in [5.74, 6) is 1.21. The van der Waals surface area contributed by atoms with E-state index in [1.165, 1.54) is 309 Å². The first kappa shape index (κ1) is 97.8. The van der Waals surface area contributed by atoms with E-state index in [0.29, 0.717) is 0 Å². The van der Waals surface area contributed by atoms with Crippen LogP contribution in [0.3, 0.4) is 0 Å². The average Bonchev–Trinajstić information content (AvgIpc) is 1.65. The largest absolute Gasteiger partial charge is 0.872 e. The number of carboxylic acid groups (broad SMARTS) is 1. The van der Waals surface area contributed by atoms with Gasteiger partial charge in [-0.15, -0.1) is 5.75 Å². The molecular formula is C92H156N8O4. The van der Waals surface area contributed by atoms with Gasteiger partial charge in [0.2, 0.25) is 0 Å². The normalized spacial score (nSPS) is 12.2. The Labute approximate surface area is 639 Å². The van der Waals surface area contributed by atoms with Crippen molar-refractivity contribution in [2.24, 2.45) is 4.99 Å². The number of aromatic nitrogens is 2. The lowest BCUT2D eigenvalue weighted by molar-refractivity contribution is -0.929. The van der Waals surface area contributed by atoms with Crippen LogP contribution in [0.5, 0.6) is 5.75 Å². The maximum absolute atomic E-state index is 10.3. The van der Waals surface area contributed by atoms with Crippen molar-refractivity contribution in [3.63, 3.8) is 0 Å². The van der Waals surface area contributed by atoms with Crippen molar-refractivity contribution in [3.8, 4) is 39.7 Å². The van der Waals surface area contributed by atoms with E-state index in [0.717, 1.165) is 40.4 Å². The first-order valence-corrected chi connectivity index (χ1v) is 41.7. The number of amidine groups is 1. The van der Waals surface area contributed by atoms with Crippen molar-refractivity contribution < 1.29 is 33.9 Å². The molecule has 0 amide bonds. The predicted molar refractivity (Wildman–Crippen MR) is 449 cm³/mol. The smallest absolute Gasteiger partial charge is 0.138 e. The fourth-order valence-corrected chi connectivity index (χ4v) is 13.3. The summed E-state index contributed by atoms with van der Waals surface area (Å²) in [4.78, 5) is 27.3. The Balaban J connectivity index is 0.00000121. The summed E-state index contributed by atoms with van der Waals surface area (Å²) in [6, 6.07) is 47.2. The summed E-state index contributed by atoms with van der Waals surface area (Å²) in [6.07, 6.45) is 37.0. The molecule has 0 atom stereocenters. The number of quaternary nitrogens is 3. The van der Waals surface area contributed by atoms with Crippen LogP contribution in [0.15, 0.2) is 157 Å². The Bertz CT molecular complexity index is 2610. The number of para-hydroxylation sites is 1. The van der Waals surface area contributed by atoms with Crippen molar-refractivity contribution in [3.05, 3.63) is 157 Å². The molecule has 0 unspecified atom stereocenters. The number of nitrogens with one attached hydrogen (secondary N) is 1. The van der Waals surface area contributed by atoms with Crippen LogP contribution in [0.4, 0.5) is 0 Å². The Morgan fingerprint density at radius 3 is 0.933 bits per heavy atom. The standard InChI is InChI=1S/C21H16N2.3C16H36N.C7H12N2.C7H6O2.C6H6O.C3H9N.H2O/c1-4-10-16(11-5-1)19-20(17-12-6-2-7-13-17)23-21(22-19)18-14-8-3-9-15-18;3*1-5-9-13-17(14-10-6-2,15-11-7-3)16-12-8-4;1-3-7-8-4-2-6-9(7)5-1;8-7(9)6-4-2-1-3-5-6;7-6-4-2-1-3-5-6;1-4(2)3;/h1-15H,(H,22,23);3*5-16H2,1-4H3;1-6H2;1-5H,(H,8,9);1-5,7H;1-3H3;1H2/q;3*+1;;;;;/p-3. The molecule has 104 heavy (non-hydrogen) atoms. The van der Waals surface area contributed by atoms with E-state index in [4.69, 9.17) is 4.98 Å². The van der Waals surface area contributed by atoms with Crippen LogP contribution < -0.4 is 10.2 Å². The van der Waals surface area contributed by atoms with Crippen molar-refractivity contribution in [1.82, 2.24) is 19.8 Å². The molecule has 8 rings (SSSR count). The van der Waals surface area contributed by atoms with Crippen molar-refractivity contribution in [2.75, 3.05) is 119 Å². The topological polar surface area (TPSA) is 141 Å². The fourth-order valence-electron chi connectivity index (χ4n) is 13.3. The average molecular weight is 1440 g/mol. The van der Waals surface area contributed by atoms with Crippen LogP contribution in [0.1, 0.15) is 267 Å². The molecule has 588 valence electrons. The lowest BCUT2D eigenvalue weighted by atomic mass is 10.1. The maximum Gasteiger partial charge on any atom is 0.138 e. The molecule has 5 aromatic carbocycles. The van der Waals surface area contributed by atoms with Gasteiger partial charge in [0.25, 0.3) is 0 Å². The molecule has 1 aromatic heterocycles. The number of fused-ring (bicyclic) bond motifs is 1. The second kappa shape index (κ2) is 64.1. The third-order valence-electron chi connectivity index (χ3n) is 19.5. The number of hydrogen-bond donors (Lipinski definition) is 1. The van der Waals surface area contributed by atoms with E-state index in [1.54, 1.807) is 30.3 Å². The summed E-state index contributed by atoms with van der Waals surface area (Å²) in [5.41, 5.74) is 5.60. The first-order chi connectivity index (χ1) is 50.0. The van der Waals surface area contributed by atoms with Gasteiger partial charge in [0, 0.05) is 42.7 Å². The van der Waals surface area contributed by atoms with E-state index in [-0.39, 0.29) is 16.8 Å². The number of carboxylic acids is 1. The predicted octanol–water partition coefficient (Wildman–Crippen LogP) is 22.1. The minimum atomic E-state index is -1.13. The quantitative estimate of drug-likeness (QED) is 0.0378. The Morgan fingerprint density at radius 2 is 0.673 bits per heavy atom. The molecule has 0 spiro atoms. The molecule has 3 heterocycles. The van der Waals surface area contributed by atoms with Gasteiger partial charge in [-0.3, -0.25) is 4.99 Å². The van der Waals surface area contributed by atoms with E-state index in [9.17, 15) is 15.0 Å². The van der Waals surface area contributed by atoms with Crippen LogP contribution in [0.25, 0.3) is 33.9 Å². The highest BCUT2D eigenvalue weighted by molar-refractivity contribution is 5.85. The molecule has 0 radical (unpaired) electrons. The molecule has 12 nitrogen and oxygen atoms in total. The summed E-state index contributed by atoms with van der Waals surface area (Å²) in [5, 5.41) is 20.4. The molecule has 2 N–H and O–H groups in total. The molecular weight excluding hydrogens is 1280 g/mol. The highest BCUT2D eigenvalue weighted by Crippen LogP contribution is 2.33. The van der Waals surface area contributed by atoms with Crippen LogP contribution in [-0.2, 0) is 0 Å². The number of nitrogens with zero attached hydrogens (tertiary/aromatic N) is 7. The minimum absolute atomic E-state index is 0. The van der Waals surface area contributed by atoms with Crippen molar-refractivity contribution in [1.29, 1.82) is 0 Å². The monoisotopic (exact) mass is 1440 g/mol. The second-order valence-electron chi connectivity index (χ2n) is 29.4. The number of aliphatic imine (C=N–C) groups is 1.